The minimum absolute atomic E-state index is 0.108. The van der Waals surface area contributed by atoms with Crippen molar-refractivity contribution in [2.75, 3.05) is 33.9 Å². The monoisotopic (exact) mass is 431 g/mol. The zero-order chi connectivity index (χ0) is 22.3. The second-order valence-corrected chi connectivity index (χ2v) is 8.05. The predicted molar refractivity (Wildman–Crippen MR) is 125 cm³/mol. The number of hydrogen-bond donors (Lipinski definition) is 1. The SMILES string of the molecule is COc1cc(CN2CCNC(=O)C(Cc3ccccc3-c3cccnc3)C2)cc(OC)c1. The molecule has 0 bridgehead atoms. The first-order chi connectivity index (χ1) is 15.7. The van der Waals surface area contributed by atoms with E-state index in [1.165, 1.54) is 0 Å². The number of aromatic nitrogens is 1. The van der Waals surface area contributed by atoms with Crippen LogP contribution in [0.25, 0.3) is 11.1 Å². The number of pyridine rings is 1. The smallest absolute Gasteiger partial charge is 0.224 e. The van der Waals surface area contributed by atoms with E-state index in [0.29, 0.717) is 19.5 Å². The Labute approximate surface area is 189 Å². The third-order valence-corrected chi connectivity index (χ3v) is 5.85. The Hall–Kier alpha value is -3.38. The first-order valence-corrected chi connectivity index (χ1v) is 10.9. The standard InChI is InChI=1S/C26H29N3O3/c1-31-23-12-19(13-24(15-23)32-2)17-29-11-10-28-26(30)22(18-29)14-20-6-3-4-8-25(20)21-7-5-9-27-16-21/h3-9,12-13,15-16,22H,10-11,14,17-18H2,1-2H3,(H,28,30). The molecule has 1 fully saturated rings. The Morgan fingerprint density at radius 1 is 1.06 bits per heavy atom. The minimum atomic E-state index is -0.136. The molecule has 0 spiro atoms. The summed E-state index contributed by atoms with van der Waals surface area (Å²) in [4.78, 5) is 19.5. The number of rotatable bonds is 7. The van der Waals surface area contributed by atoms with Gasteiger partial charge in [-0.25, -0.2) is 0 Å². The van der Waals surface area contributed by atoms with Crippen LogP contribution in [0.4, 0.5) is 0 Å². The first kappa shape index (κ1) is 21.8. The topological polar surface area (TPSA) is 63.7 Å². The number of nitrogens with zero attached hydrogens (tertiary/aromatic N) is 2. The zero-order valence-corrected chi connectivity index (χ0v) is 18.6. The fourth-order valence-electron chi connectivity index (χ4n) is 4.25. The number of amides is 1. The van der Waals surface area contributed by atoms with Crippen LogP contribution < -0.4 is 14.8 Å². The second kappa shape index (κ2) is 10.3. The van der Waals surface area contributed by atoms with E-state index in [0.717, 1.165) is 46.8 Å². The fraction of sp³-hybridized carbons (Fsp3) is 0.308. The van der Waals surface area contributed by atoms with Crippen LogP contribution in [0.5, 0.6) is 11.5 Å². The number of ether oxygens (including phenoxy) is 2. The van der Waals surface area contributed by atoms with Gasteiger partial charge in [-0.3, -0.25) is 14.7 Å². The van der Waals surface area contributed by atoms with E-state index in [1.54, 1.807) is 20.4 Å². The van der Waals surface area contributed by atoms with Crippen LogP contribution in [-0.2, 0) is 17.8 Å². The molecule has 1 saturated heterocycles. The molecule has 32 heavy (non-hydrogen) atoms. The molecule has 1 aromatic heterocycles. The maximum Gasteiger partial charge on any atom is 0.224 e. The Morgan fingerprint density at radius 3 is 2.56 bits per heavy atom. The number of hydrogen-bond acceptors (Lipinski definition) is 5. The van der Waals surface area contributed by atoms with Crippen LogP contribution in [0.1, 0.15) is 11.1 Å². The van der Waals surface area contributed by atoms with Crippen LogP contribution in [0.3, 0.4) is 0 Å². The molecule has 0 radical (unpaired) electrons. The van der Waals surface area contributed by atoms with E-state index >= 15 is 0 Å². The van der Waals surface area contributed by atoms with Gasteiger partial charge in [-0.05, 0) is 41.3 Å². The van der Waals surface area contributed by atoms with Crippen LogP contribution in [0.15, 0.2) is 67.0 Å². The molecule has 6 heteroatoms. The van der Waals surface area contributed by atoms with Gasteiger partial charge in [-0.1, -0.05) is 30.3 Å². The fourth-order valence-corrected chi connectivity index (χ4v) is 4.25. The van der Waals surface area contributed by atoms with Crippen molar-refractivity contribution in [3.8, 4) is 22.6 Å². The van der Waals surface area contributed by atoms with Gasteiger partial charge in [0.25, 0.3) is 0 Å². The molecule has 1 aliphatic rings. The average molecular weight is 432 g/mol. The summed E-state index contributed by atoms with van der Waals surface area (Å²) in [6.45, 7) is 2.85. The van der Waals surface area contributed by atoms with Crippen molar-refractivity contribution in [1.29, 1.82) is 0 Å². The van der Waals surface area contributed by atoms with Crippen molar-refractivity contribution in [3.05, 3.63) is 78.1 Å². The Balaban J connectivity index is 1.54. The van der Waals surface area contributed by atoms with Crippen molar-refractivity contribution < 1.29 is 14.3 Å². The highest BCUT2D eigenvalue weighted by atomic mass is 16.5. The predicted octanol–water partition coefficient (Wildman–Crippen LogP) is 3.56. The first-order valence-electron chi connectivity index (χ1n) is 10.9. The molecule has 2 aromatic carbocycles. The minimum Gasteiger partial charge on any atom is -0.497 e. The molecule has 1 N–H and O–H groups in total. The lowest BCUT2D eigenvalue weighted by molar-refractivity contribution is -0.124. The Morgan fingerprint density at radius 2 is 1.84 bits per heavy atom. The molecule has 3 aromatic rings. The van der Waals surface area contributed by atoms with Gasteiger partial charge in [0.15, 0.2) is 0 Å². The summed E-state index contributed by atoms with van der Waals surface area (Å²) >= 11 is 0. The van der Waals surface area contributed by atoms with Gasteiger partial charge in [0.05, 0.1) is 20.1 Å². The highest BCUT2D eigenvalue weighted by molar-refractivity contribution is 5.80. The lowest BCUT2D eigenvalue weighted by Crippen LogP contribution is -2.33. The van der Waals surface area contributed by atoms with Crippen LogP contribution in [-0.4, -0.2) is 49.6 Å². The third-order valence-electron chi connectivity index (χ3n) is 5.85. The largest absolute Gasteiger partial charge is 0.497 e. The summed E-state index contributed by atoms with van der Waals surface area (Å²) in [6.07, 6.45) is 4.32. The molecule has 1 aliphatic heterocycles. The van der Waals surface area contributed by atoms with Gasteiger partial charge in [0.2, 0.25) is 5.91 Å². The average Bonchev–Trinajstić information content (AvgIpc) is 3.00. The van der Waals surface area contributed by atoms with Gasteiger partial charge < -0.3 is 14.8 Å². The molecular formula is C26H29N3O3. The lowest BCUT2D eigenvalue weighted by atomic mass is 9.92. The van der Waals surface area contributed by atoms with Crippen LogP contribution in [0.2, 0.25) is 0 Å². The van der Waals surface area contributed by atoms with Crippen LogP contribution >= 0.6 is 0 Å². The molecule has 6 nitrogen and oxygen atoms in total. The van der Waals surface area contributed by atoms with E-state index < -0.39 is 0 Å². The molecule has 1 unspecified atom stereocenters. The van der Waals surface area contributed by atoms with E-state index in [-0.39, 0.29) is 11.8 Å². The molecule has 1 amide bonds. The van der Waals surface area contributed by atoms with Crippen molar-refractivity contribution in [2.45, 2.75) is 13.0 Å². The molecule has 0 aliphatic carbocycles. The van der Waals surface area contributed by atoms with Crippen molar-refractivity contribution >= 4 is 5.91 Å². The number of nitrogens with one attached hydrogen (secondary N) is 1. The number of carbonyl (C=O) groups excluding carboxylic acids is 1. The summed E-state index contributed by atoms with van der Waals surface area (Å²) < 4.78 is 10.8. The second-order valence-electron chi connectivity index (χ2n) is 8.05. The Kier molecular flexibility index (Phi) is 7.02. The van der Waals surface area contributed by atoms with Crippen molar-refractivity contribution in [1.82, 2.24) is 15.2 Å². The van der Waals surface area contributed by atoms with Gasteiger partial charge in [0.1, 0.15) is 11.5 Å². The molecular weight excluding hydrogens is 402 g/mol. The number of benzene rings is 2. The summed E-state index contributed by atoms with van der Waals surface area (Å²) in [5, 5.41) is 3.09. The number of methoxy groups -OCH3 is 2. The van der Waals surface area contributed by atoms with Crippen molar-refractivity contribution in [2.24, 2.45) is 5.92 Å². The summed E-state index contributed by atoms with van der Waals surface area (Å²) in [7, 11) is 3.31. The van der Waals surface area contributed by atoms with Gasteiger partial charge in [-0.15, -0.1) is 0 Å². The molecule has 4 rings (SSSR count). The van der Waals surface area contributed by atoms with E-state index in [1.807, 2.05) is 42.6 Å². The molecule has 166 valence electrons. The quantitative estimate of drug-likeness (QED) is 0.620. The number of carbonyl (C=O) groups is 1. The van der Waals surface area contributed by atoms with Gasteiger partial charge in [0, 0.05) is 50.2 Å². The normalized spacial score (nSPS) is 16.8. The maximum atomic E-state index is 12.9. The third kappa shape index (κ3) is 5.26. The van der Waals surface area contributed by atoms with Crippen LogP contribution in [0, 0.1) is 5.92 Å². The lowest BCUT2D eigenvalue weighted by Gasteiger charge is -2.24. The van der Waals surface area contributed by atoms with E-state index in [2.05, 4.69) is 33.4 Å². The van der Waals surface area contributed by atoms with Crippen molar-refractivity contribution in [3.63, 3.8) is 0 Å². The summed E-state index contributed by atoms with van der Waals surface area (Å²) in [6, 6.07) is 18.2. The zero-order valence-electron chi connectivity index (χ0n) is 18.6. The maximum absolute atomic E-state index is 12.9. The molecule has 1 atom stereocenters. The van der Waals surface area contributed by atoms with E-state index in [4.69, 9.17) is 9.47 Å². The highest BCUT2D eigenvalue weighted by Crippen LogP contribution is 2.27. The summed E-state index contributed by atoms with van der Waals surface area (Å²) in [5.74, 6) is 1.51. The summed E-state index contributed by atoms with van der Waals surface area (Å²) in [5.41, 5.74) is 4.45. The molecule has 2 heterocycles. The van der Waals surface area contributed by atoms with Gasteiger partial charge >= 0.3 is 0 Å². The highest BCUT2D eigenvalue weighted by Gasteiger charge is 2.26. The Bertz CT molecular complexity index is 1030. The van der Waals surface area contributed by atoms with E-state index in [9.17, 15) is 4.79 Å². The van der Waals surface area contributed by atoms with Gasteiger partial charge in [-0.2, -0.15) is 0 Å². The molecule has 0 saturated carbocycles.